The predicted octanol–water partition coefficient (Wildman–Crippen LogP) is 4.50. The molecule has 1 aromatic heterocycles. The van der Waals surface area contributed by atoms with Crippen LogP contribution in [-0.2, 0) is 6.18 Å². The fourth-order valence-corrected chi connectivity index (χ4v) is 3.07. The summed E-state index contributed by atoms with van der Waals surface area (Å²) in [5.41, 5.74) is 4.30. The smallest absolute Gasteiger partial charge is 0.398 e. The molecule has 0 spiro atoms. The minimum atomic E-state index is -4.41. The van der Waals surface area contributed by atoms with Crippen LogP contribution < -0.4 is 5.73 Å². The van der Waals surface area contributed by atoms with E-state index in [0.717, 1.165) is 10.3 Å². The van der Waals surface area contributed by atoms with Crippen molar-refractivity contribution in [2.75, 3.05) is 5.73 Å². The molecule has 1 nitrogen and oxygen atoms in total. The lowest BCUT2D eigenvalue weighted by Crippen LogP contribution is -2.08. The highest BCUT2D eigenvalue weighted by Gasteiger charge is 2.33. The van der Waals surface area contributed by atoms with Gasteiger partial charge in [0.2, 0.25) is 0 Å². The Hall–Kier alpha value is -1.14. The molecule has 0 fully saturated rings. The summed E-state index contributed by atoms with van der Waals surface area (Å²) in [6, 6.07) is 7.68. The first-order chi connectivity index (χ1) is 7.97. The van der Waals surface area contributed by atoms with Gasteiger partial charge in [-0.05, 0) is 29.6 Å². The van der Waals surface area contributed by atoms with E-state index in [0.29, 0.717) is 4.90 Å². The van der Waals surface area contributed by atoms with Crippen LogP contribution in [0.5, 0.6) is 0 Å². The molecule has 2 rings (SSSR count). The first kappa shape index (κ1) is 12.3. The van der Waals surface area contributed by atoms with Crippen molar-refractivity contribution < 1.29 is 13.2 Å². The Kier molecular flexibility index (Phi) is 3.35. The molecular weight excluding hydrogens is 267 g/mol. The zero-order valence-electron chi connectivity index (χ0n) is 8.49. The Labute approximate surface area is 104 Å². The summed E-state index contributed by atoms with van der Waals surface area (Å²) in [6.07, 6.45) is -4.41. The van der Waals surface area contributed by atoms with Gasteiger partial charge >= 0.3 is 6.18 Å². The Balaban J connectivity index is 2.31. The van der Waals surface area contributed by atoms with Crippen LogP contribution in [0.4, 0.5) is 18.9 Å². The molecule has 6 heteroatoms. The molecule has 0 aliphatic carbocycles. The van der Waals surface area contributed by atoms with Gasteiger partial charge in [-0.15, -0.1) is 11.3 Å². The summed E-state index contributed by atoms with van der Waals surface area (Å²) in [5, 5.41) is 1.88. The SMILES string of the molecule is Nc1ccc(Sc2cccs2)cc1C(F)(F)F. The minimum Gasteiger partial charge on any atom is -0.398 e. The molecule has 0 saturated carbocycles. The van der Waals surface area contributed by atoms with Gasteiger partial charge in [0.05, 0.1) is 9.77 Å². The van der Waals surface area contributed by atoms with Gasteiger partial charge in [0.15, 0.2) is 0 Å². The van der Waals surface area contributed by atoms with Gasteiger partial charge in [0.25, 0.3) is 0 Å². The molecule has 90 valence electrons. The molecule has 0 bridgehead atoms. The number of nitrogen functional groups attached to an aromatic ring is 1. The number of rotatable bonds is 2. The lowest BCUT2D eigenvalue weighted by molar-refractivity contribution is -0.137. The first-order valence-corrected chi connectivity index (χ1v) is 6.34. The van der Waals surface area contributed by atoms with Crippen molar-refractivity contribution in [2.45, 2.75) is 15.3 Å². The van der Waals surface area contributed by atoms with Crippen molar-refractivity contribution in [1.29, 1.82) is 0 Å². The first-order valence-electron chi connectivity index (χ1n) is 4.65. The molecule has 0 atom stereocenters. The van der Waals surface area contributed by atoms with Gasteiger partial charge in [0.1, 0.15) is 0 Å². The standard InChI is InChI=1S/C11H8F3NS2/c12-11(13,14)8-6-7(3-4-9(8)15)17-10-2-1-5-16-10/h1-6H,15H2. The highest BCUT2D eigenvalue weighted by Crippen LogP contribution is 2.38. The molecule has 0 unspecified atom stereocenters. The maximum absolute atomic E-state index is 12.6. The van der Waals surface area contributed by atoms with Crippen molar-refractivity contribution in [3.05, 3.63) is 41.3 Å². The van der Waals surface area contributed by atoms with Crippen LogP contribution in [-0.4, -0.2) is 0 Å². The summed E-state index contributed by atoms with van der Waals surface area (Å²) < 4.78 is 38.8. The lowest BCUT2D eigenvalue weighted by atomic mass is 10.2. The molecule has 0 radical (unpaired) electrons. The van der Waals surface area contributed by atoms with Gasteiger partial charge in [-0.3, -0.25) is 0 Å². The van der Waals surface area contributed by atoms with Crippen molar-refractivity contribution >= 4 is 28.8 Å². The molecule has 2 N–H and O–H groups in total. The van der Waals surface area contributed by atoms with Gasteiger partial charge in [0, 0.05) is 10.6 Å². The summed E-state index contributed by atoms with van der Waals surface area (Å²) in [7, 11) is 0. The molecule has 0 aliphatic rings. The Bertz CT molecular complexity index is 506. The number of hydrogen-bond acceptors (Lipinski definition) is 3. The van der Waals surface area contributed by atoms with Crippen LogP contribution in [0, 0.1) is 0 Å². The van der Waals surface area contributed by atoms with E-state index >= 15 is 0 Å². The van der Waals surface area contributed by atoms with E-state index in [9.17, 15) is 13.2 Å². The van der Waals surface area contributed by atoms with Gasteiger partial charge < -0.3 is 5.73 Å². The fraction of sp³-hybridized carbons (Fsp3) is 0.0909. The van der Waals surface area contributed by atoms with Crippen LogP contribution >= 0.6 is 23.1 Å². The van der Waals surface area contributed by atoms with E-state index in [4.69, 9.17) is 5.73 Å². The number of benzene rings is 1. The zero-order chi connectivity index (χ0) is 12.5. The molecule has 0 saturated heterocycles. The minimum absolute atomic E-state index is 0.243. The lowest BCUT2D eigenvalue weighted by Gasteiger charge is -2.11. The zero-order valence-corrected chi connectivity index (χ0v) is 10.1. The fourth-order valence-electron chi connectivity index (χ4n) is 1.28. The average molecular weight is 275 g/mol. The molecule has 17 heavy (non-hydrogen) atoms. The summed E-state index contributed by atoms with van der Waals surface area (Å²) in [5.74, 6) is 0. The normalized spacial score (nSPS) is 11.7. The molecule has 1 heterocycles. The number of nitrogens with two attached hydrogens (primary N) is 1. The number of anilines is 1. The number of thiophene rings is 1. The van der Waals surface area contributed by atoms with Crippen LogP contribution in [0.15, 0.2) is 44.8 Å². The van der Waals surface area contributed by atoms with Gasteiger partial charge in [-0.2, -0.15) is 13.2 Å². The van der Waals surface area contributed by atoms with Crippen molar-refractivity contribution in [3.63, 3.8) is 0 Å². The highest BCUT2D eigenvalue weighted by atomic mass is 32.2. The monoisotopic (exact) mass is 275 g/mol. The van der Waals surface area contributed by atoms with Gasteiger partial charge in [-0.25, -0.2) is 0 Å². The number of alkyl halides is 3. The third-order valence-corrected chi connectivity index (χ3v) is 4.07. The van der Waals surface area contributed by atoms with E-state index in [2.05, 4.69) is 0 Å². The largest absolute Gasteiger partial charge is 0.418 e. The highest BCUT2D eigenvalue weighted by molar-refractivity contribution is 8.01. The average Bonchev–Trinajstić information content (AvgIpc) is 2.72. The third kappa shape index (κ3) is 2.95. The maximum Gasteiger partial charge on any atom is 0.418 e. The quantitative estimate of drug-likeness (QED) is 0.817. The third-order valence-electron chi connectivity index (χ3n) is 2.04. The molecule has 0 amide bonds. The molecule has 0 aliphatic heterocycles. The Morgan fingerprint density at radius 1 is 1.18 bits per heavy atom. The summed E-state index contributed by atoms with van der Waals surface area (Å²) in [6.45, 7) is 0. The second-order valence-corrected chi connectivity index (χ2v) is 5.60. The van der Waals surface area contributed by atoms with E-state index in [-0.39, 0.29) is 5.69 Å². The molecule has 2 aromatic rings. The second kappa shape index (κ2) is 4.62. The second-order valence-electron chi connectivity index (χ2n) is 3.28. The Morgan fingerprint density at radius 2 is 1.94 bits per heavy atom. The van der Waals surface area contributed by atoms with E-state index in [1.807, 2.05) is 17.5 Å². The summed E-state index contributed by atoms with van der Waals surface area (Å²) >= 11 is 2.78. The number of hydrogen-bond donors (Lipinski definition) is 1. The van der Waals surface area contributed by atoms with Gasteiger partial charge in [-0.1, -0.05) is 17.8 Å². The topological polar surface area (TPSA) is 26.0 Å². The van der Waals surface area contributed by atoms with Crippen molar-refractivity contribution in [3.8, 4) is 0 Å². The Morgan fingerprint density at radius 3 is 2.53 bits per heavy atom. The summed E-state index contributed by atoms with van der Waals surface area (Å²) in [4.78, 5) is 0.536. The maximum atomic E-state index is 12.6. The number of halogens is 3. The molecular formula is C11H8F3NS2. The van der Waals surface area contributed by atoms with Crippen molar-refractivity contribution in [1.82, 2.24) is 0 Å². The predicted molar refractivity (Wildman–Crippen MR) is 64.3 cm³/mol. The van der Waals surface area contributed by atoms with E-state index in [1.165, 1.54) is 29.2 Å². The molecule has 1 aromatic carbocycles. The van der Waals surface area contributed by atoms with Crippen LogP contribution in [0.2, 0.25) is 0 Å². The van der Waals surface area contributed by atoms with Crippen LogP contribution in [0.25, 0.3) is 0 Å². The van der Waals surface area contributed by atoms with Crippen LogP contribution in [0.1, 0.15) is 5.56 Å². The van der Waals surface area contributed by atoms with E-state index < -0.39 is 11.7 Å². The van der Waals surface area contributed by atoms with Crippen molar-refractivity contribution in [2.24, 2.45) is 0 Å². The van der Waals surface area contributed by atoms with E-state index in [1.54, 1.807) is 6.07 Å². The van der Waals surface area contributed by atoms with Crippen LogP contribution in [0.3, 0.4) is 0 Å².